The van der Waals surface area contributed by atoms with Crippen LogP contribution >= 0.6 is 22.6 Å². The molecular formula is C18H16FIN4O. The van der Waals surface area contributed by atoms with Gasteiger partial charge in [-0.3, -0.25) is 4.79 Å². The van der Waals surface area contributed by atoms with Crippen LogP contribution in [0.4, 0.5) is 10.2 Å². The molecule has 1 fully saturated rings. The number of amides is 1. The molecule has 1 aliphatic rings. The lowest BCUT2D eigenvalue weighted by Gasteiger charge is -2.23. The van der Waals surface area contributed by atoms with E-state index in [1.165, 1.54) is 18.2 Å². The maximum atomic E-state index is 13.3. The minimum absolute atomic E-state index is 0.0900. The van der Waals surface area contributed by atoms with E-state index in [0.29, 0.717) is 40.1 Å². The number of carbonyl (C=O) groups excluding carboxylic acids is 1. The average molecular weight is 450 g/mol. The molecular weight excluding hydrogens is 434 g/mol. The molecule has 0 saturated carbocycles. The molecule has 0 N–H and O–H groups in total. The van der Waals surface area contributed by atoms with Crippen LogP contribution in [-0.2, 0) is 0 Å². The second-order valence-corrected chi connectivity index (χ2v) is 6.91. The predicted molar refractivity (Wildman–Crippen MR) is 101 cm³/mol. The first-order valence-electron chi connectivity index (χ1n) is 7.94. The second-order valence-electron chi connectivity index (χ2n) is 5.74. The normalized spacial score (nSPS) is 14.8. The van der Waals surface area contributed by atoms with Gasteiger partial charge in [-0.1, -0.05) is 0 Å². The monoisotopic (exact) mass is 450 g/mol. The van der Waals surface area contributed by atoms with Crippen molar-refractivity contribution in [2.45, 2.75) is 6.42 Å². The summed E-state index contributed by atoms with van der Waals surface area (Å²) in [6, 6.07) is 9.87. The summed E-state index contributed by atoms with van der Waals surface area (Å²) in [5.74, 6) is 0.227. The van der Waals surface area contributed by atoms with Crippen LogP contribution in [0.15, 0.2) is 36.5 Å². The lowest BCUT2D eigenvalue weighted by atomic mass is 10.2. The van der Waals surface area contributed by atoms with E-state index < -0.39 is 0 Å². The molecule has 0 atom stereocenters. The maximum Gasteiger partial charge on any atom is 0.254 e. The topological polar surface area (TPSA) is 60.2 Å². The van der Waals surface area contributed by atoms with E-state index in [0.717, 1.165) is 13.0 Å². The van der Waals surface area contributed by atoms with Crippen molar-refractivity contribution >= 4 is 34.3 Å². The van der Waals surface area contributed by atoms with Crippen LogP contribution in [-0.4, -0.2) is 42.0 Å². The van der Waals surface area contributed by atoms with E-state index in [1.54, 1.807) is 23.2 Å². The van der Waals surface area contributed by atoms with Gasteiger partial charge in [0.1, 0.15) is 17.7 Å². The Morgan fingerprint density at radius 3 is 2.84 bits per heavy atom. The van der Waals surface area contributed by atoms with E-state index in [4.69, 9.17) is 0 Å². The standard InChI is InChI=1S/C18H16FIN4O/c19-14-4-5-15(16(20)11-14)18(25)24-8-2-7-23(9-10-24)17-13(12-21)3-1-6-22-17/h1,3-6,11H,2,7-10H2. The summed E-state index contributed by atoms with van der Waals surface area (Å²) < 4.78 is 13.9. The summed E-state index contributed by atoms with van der Waals surface area (Å²) in [6.07, 6.45) is 2.45. The molecule has 25 heavy (non-hydrogen) atoms. The van der Waals surface area contributed by atoms with Gasteiger partial charge in [-0.25, -0.2) is 9.37 Å². The summed E-state index contributed by atoms with van der Waals surface area (Å²) in [5.41, 5.74) is 1.06. The van der Waals surface area contributed by atoms with Gasteiger partial charge in [0.25, 0.3) is 5.91 Å². The molecule has 0 radical (unpaired) electrons. The predicted octanol–water partition coefficient (Wildman–Crippen LogP) is 3.05. The molecule has 1 amide bonds. The highest BCUT2D eigenvalue weighted by atomic mass is 127. The minimum atomic E-state index is -0.345. The van der Waals surface area contributed by atoms with Crippen molar-refractivity contribution in [1.29, 1.82) is 5.26 Å². The van der Waals surface area contributed by atoms with Crippen LogP contribution < -0.4 is 4.90 Å². The molecule has 128 valence electrons. The minimum Gasteiger partial charge on any atom is -0.354 e. The van der Waals surface area contributed by atoms with Crippen molar-refractivity contribution in [2.24, 2.45) is 0 Å². The zero-order chi connectivity index (χ0) is 17.8. The number of hydrogen-bond acceptors (Lipinski definition) is 4. The van der Waals surface area contributed by atoms with Gasteiger partial charge in [-0.05, 0) is 59.3 Å². The number of hydrogen-bond donors (Lipinski definition) is 0. The van der Waals surface area contributed by atoms with Crippen LogP contribution in [0.3, 0.4) is 0 Å². The average Bonchev–Trinajstić information content (AvgIpc) is 2.87. The highest BCUT2D eigenvalue weighted by Gasteiger charge is 2.23. The first-order valence-corrected chi connectivity index (χ1v) is 9.02. The Morgan fingerprint density at radius 1 is 1.24 bits per heavy atom. The number of pyridine rings is 1. The highest BCUT2D eigenvalue weighted by Crippen LogP contribution is 2.20. The molecule has 2 aromatic rings. The Balaban J connectivity index is 1.75. The molecule has 0 spiro atoms. The van der Waals surface area contributed by atoms with Gasteiger partial charge in [0.2, 0.25) is 0 Å². The number of anilines is 1. The number of benzene rings is 1. The summed E-state index contributed by atoms with van der Waals surface area (Å²) >= 11 is 1.99. The number of nitrogens with zero attached hydrogens (tertiary/aromatic N) is 4. The summed E-state index contributed by atoms with van der Waals surface area (Å²) in [4.78, 5) is 20.9. The van der Waals surface area contributed by atoms with Crippen LogP contribution in [0, 0.1) is 20.7 Å². The van der Waals surface area contributed by atoms with Crippen molar-refractivity contribution in [3.63, 3.8) is 0 Å². The van der Waals surface area contributed by atoms with Crippen molar-refractivity contribution in [2.75, 3.05) is 31.1 Å². The Morgan fingerprint density at radius 2 is 2.08 bits per heavy atom. The molecule has 1 aromatic carbocycles. The fourth-order valence-electron chi connectivity index (χ4n) is 2.90. The first kappa shape index (κ1) is 17.6. The van der Waals surface area contributed by atoms with Crippen LogP contribution in [0.1, 0.15) is 22.3 Å². The Kier molecular flexibility index (Phi) is 5.48. The number of nitriles is 1. The fraction of sp³-hybridized carbons (Fsp3) is 0.278. The number of halogens is 2. The molecule has 3 rings (SSSR count). The van der Waals surface area contributed by atoms with Crippen molar-refractivity contribution in [3.05, 3.63) is 57.0 Å². The van der Waals surface area contributed by atoms with E-state index in [2.05, 4.69) is 11.1 Å². The van der Waals surface area contributed by atoms with Crippen molar-refractivity contribution in [3.8, 4) is 6.07 Å². The summed E-state index contributed by atoms with van der Waals surface area (Å²) in [5, 5.41) is 9.25. The van der Waals surface area contributed by atoms with Gasteiger partial charge in [-0.2, -0.15) is 5.26 Å². The van der Waals surface area contributed by atoms with Crippen LogP contribution in [0.5, 0.6) is 0 Å². The molecule has 2 heterocycles. The molecule has 5 nitrogen and oxygen atoms in total. The van der Waals surface area contributed by atoms with Crippen LogP contribution in [0.25, 0.3) is 0 Å². The molecule has 1 aliphatic heterocycles. The van der Waals surface area contributed by atoms with Gasteiger partial charge >= 0.3 is 0 Å². The van der Waals surface area contributed by atoms with Gasteiger partial charge in [-0.15, -0.1) is 0 Å². The zero-order valence-electron chi connectivity index (χ0n) is 13.5. The number of rotatable bonds is 2. The Hall–Kier alpha value is -2.21. The highest BCUT2D eigenvalue weighted by molar-refractivity contribution is 14.1. The molecule has 0 bridgehead atoms. The Labute approximate surface area is 159 Å². The largest absolute Gasteiger partial charge is 0.354 e. The fourth-order valence-corrected chi connectivity index (χ4v) is 3.61. The molecule has 0 aliphatic carbocycles. The molecule has 1 saturated heterocycles. The third-order valence-corrected chi connectivity index (χ3v) is 5.04. The third kappa shape index (κ3) is 3.90. The van der Waals surface area contributed by atoms with Crippen molar-refractivity contribution in [1.82, 2.24) is 9.88 Å². The summed E-state index contributed by atoms with van der Waals surface area (Å²) in [6.45, 7) is 2.50. The van der Waals surface area contributed by atoms with Gasteiger partial charge < -0.3 is 9.80 Å². The zero-order valence-corrected chi connectivity index (χ0v) is 15.6. The van der Waals surface area contributed by atoms with E-state index in [-0.39, 0.29) is 11.7 Å². The van der Waals surface area contributed by atoms with E-state index in [9.17, 15) is 14.4 Å². The van der Waals surface area contributed by atoms with Gasteiger partial charge in [0.05, 0.1) is 11.1 Å². The lowest BCUT2D eigenvalue weighted by molar-refractivity contribution is 0.0766. The van der Waals surface area contributed by atoms with Gasteiger partial charge in [0, 0.05) is 35.9 Å². The second kappa shape index (κ2) is 7.78. The SMILES string of the molecule is N#Cc1cccnc1N1CCCN(C(=O)c2ccc(F)cc2I)CC1. The summed E-state index contributed by atoms with van der Waals surface area (Å²) in [7, 11) is 0. The van der Waals surface area contributed by atoms with Crippen LogP contribution in [0.2, 0.25) is 0 Å². The molecule has 0 unspecified atom stereocenters. The van der Waals surface area contributed by atoms with E-state index in [1.807, 2.05) is 27.5 Å². The van der Waals surface area contributed by atoms with Crippen molar-refractivity contribution < 1.29 is 9.18 Å². The maximum absolute atomic E-state index is 13.3. The smallest absolute Gasteiger partial charge is 0.254 e. The quantitative estimate of drug-likeness (QED) is 0.661. The first-order chi connectivity index (χ1) is 12.1. The number of aromatic nitrogens is 1. The lowest BCUT2D eigenvalue weighted by Crippen LogP contribution is -2.36. The number of carbonyl (C=O) groups is 1. The molecule has 1 aromatic heterocycles. The van der Waals surface area contributed by atoms with Gasteiger partial charge in [0.15, 0.2) is 0 Å². The molecule has 7 heteroatoms. The van der Waals surface area contributed by atoms with E-state index >= 15 is 0 Å². The third-order valence-electron chi connectivity index (χ3n) is 4.15. The Bertz CT molecular complexity index is 836.